The van der Waals surface area contributed by atoms with Gasteiger partial charge in [0, 0.05) is 18.3 Å². The van der Waals surface area contributed by atoms with E-state index in [1.165, 1.54) is 0 Å². The number of rotatable bonds is 6. The average Bonchev–Trinajstić information content (AvgIpc) is 2.67. The molecule has 1 aromatic rings. The van der Waals surface area contributed by atoms with Crippen LogP contribution < -0.4 is 5.32 Å². The minimum Gasteiger partial charge on any atom is -0.352 e. The van der Waals surface area contributed by atoms with Gasteiger partial charge in [-0.1, -0.05) is 18.9 Å². The number of tetrazole rings is 1. The van der Waals surface area contributed by atoms with Crippen LogP contribution in [-0.4, -0.2) is 37.8 Å². The molecule has 0 aromatic carbocycles. The van der Waals surface area contributed by atoms with Crippen LogP contribution in [0.25, 0.3) is 0 Å². The van der Waals surface area contributed by atoms with Gasteiger partial charge in [0.2, 0.25) is 5.95 Å². The van der Waals surface area contributed by atoms with Crippen molar-refractivity contribution in [2.24, 2.45) is 7.05 Å². The highest BCUT2D eigenvalue weighted by Crippen LogP contribution is 2.30. The lowest BCUT2D eigenvalue weighted by Crippen LogP contribution is -2.32. The van der Waals surface area contributed by atoms with Gasteiger partial charge in [0.15, 0.2) is 0 Å². The maximum absolute atomic E-state index is 3.90. The van der Waals surface area contributed by atoms with Crippen LogP contribution in [0.3, 0.4) is 0 Å². The number of anilines is 1. The second-order valence-corrected chi connectivity index (χ2v) is 4.85. The van der Waals surface area contributed by atoms with Crippen LogP contribution >= 0.6 is 11.8 Å². The van der Waals surface area contributed by atoms with E-state index >= 15 is 0 Å². The molecule has 1 heterocycles. The van der Waals surface area contributed by atoms with E-state index < -0.39 is 0 Å². The molecule has 5 nitrogen and oxygen atoms in total. The van der Waals surface area contributed by atoms with E-state index in [0.29, 0.717) is 0 Å². The summed E-state index contributed by atoms with van der Waals surface area (Å²) in [7, 11) is 1.83. The lowest BCUT2D eigenvalue weighted by Gasteiger charge is -2.29. The summed E-state index contributed by atoms with van der Waals surface area (Å²) in [5, 5.41) is 14.6. The molecular weight excluding hydrogens is 210 g/mol. The molecule has 0 aliphatic rings. The van der Waals surface area contributed by atoms with Gasteiger partial charge in [-0.25, -0.2) is 4.68 Å². The van der Waals surface area contributed by atoms with Crippen LogP contribution in [0.2, 0.25) is 0 Å². The molecule has 0 saturated heterocycles. The van der Waals surface area contributed by atoms with Crippen molar-refractivity contribution in [1.29, 1.82) is 0 Å². The Morgan fingerprint density at radius 2 is 2.07 bits per heavy atom. The molecule has 6 heteroatoms. The molecule has 0 spiro atoms. The molecule has 0 fully saturated rings. The van der Waals surface area contributed by atoms with Gasteiger partial charge in [0.1, 0.15) is 0 Å². The monoisotopic (exact) mass is 229 g/mol. The van der Waals surface area contributed by atoms with Gasteiger partial charge in [0.05, 0.1) is 0 Å². The molecule has 15 heavy (non-hydrogen) atoms. The molecule has 0 saturated carbocycles. The lowest BCUT2D eigenvalue weighted by molar-refractivity contribution is 0.570. The number of aryl methyl sites for hydroxylation is 1. The summed E-state index contributed by atoms with van der Waals surface area (Å²) in [6, 6.07) is 0. The Balaban J connectivity index is 2.58. The fourth-order valence-electron chi connectivity index (χ4n) is 1.48. The van der Waals surface area contributed by atoms with Crippen molar-refractivity contribution in [3.63, 3.8) is 0 Å². The number of aromatic nitrogens is 4. The van der Waals surface area contributed by atoms with Gasteiger partial charge in [-0.05, 0) is 29.5 Å². The quantitative estimate of drug-likeness (QED) is 0.802. The number of nitrogens with zero attached hydrogens (tertiary/aromatic N) is 4. The zero-order valence-corrected chi connectivity index (χ0v) is 10.6. The first kappa shape index (κ1) is 12.3. The summed E-state index contributed by atoms with van der Waals surface area (Å²) in [5.41, 5.74) is 0. The zero-order chi connectivity index (χ0) is 11.3. The van der Waals surface area contributed by atoms with Crippen LogP contribution in [0.5, 0.6) is 0 Å². The highest BCUT2D eigenvalue weighted by atomic mass is 32.2. The van der Waals surface area contributed by atoms with Gasteiger partial charge in [-0.3, -0.25) is 0 Å². The summed E-state index contributed by atoms with van der Waals surface area (Å²) in [6.45, 7) is 5.34. The Kier molecular flexibility index (Phi) is 4.38. The smallest absolute Gasteiger partial charge is 0.242 e. The lowest BCUT2D eigenvalue weighted by atomic mass is 10.0. The van der Waals surface area contributed by atoms with E-state index in [1.54, 1.807) is 4.68 Å². The summed E-state index contributed by atoms with van der Waals surface area (Å²) in [4.78, 5) is 0. The highest BCUT2D eigenvalue weighted by molar-refractivity contribution is 8.00. The first-order valence-corrected chi connectivity index (χ1v) is 6.41. The van der Waals surface area contributed by atoms with Crippen LogP contribution in [0.15, 0.2) is 0 Å². The predicted molar refractivity (Wildman–Crippen MR) is 64.1 cm³/mol. The summed E-state index contributed by atoms with van der Waals surface area (Å²) in [5.74, 6) is 0.732. The molecule has 0 atom stereocenters. The van der Waals surface area contributed by atoms with Crippen molar-refractivity contribution in [1.82, 2.24) is 20.2 Å². The summed E-state index contributed by atoms with van der Waals surface area (Å²) in [6.07, 6.45) is 4.44. The van der Waals surface area contributed by atoms with Crippen molar-refractivity contribution in [3.8, 4) is 0 Å². The fourth-order valence-corrected chi connectivity index (χ4v) is 2.27. The van der Waals surface area contributed by atoms with Crippen molar-refractivity contribution in [2.75, 3.05) is 18.1 Å². The minimum atomic E-state index is 0.284. The third kappa shape index (κ3) is 2.84. The van der Waals surface area contributed by atoms with Gasteiger partial charge >= 0.3 is 0 Å². The molecule has 0 bridgehead atoms. The first-order valence-electron chi connectivity index (χ1n) is 5.19. The summed E-state index contributed by atoms with van der Waals surface area (Å²) < 4.78 is 1.93. The van der Waals surface area contributed by atoms with E-state index in [0.717, 1.165) is 25.3 Å². The Morgan fingerprint density at radius 1 is 1.40 bits per heavy atom. The standard InChI is InChI=1S/C9H19N5S/c1-5-9(6-2,15-4)7-10-8-11-12-13-14(8)3/h5-7H2,1-4H3,(H,10,11,13). The second kappa shape index (κ2) is 5.34. The van der Waals surface area contributed by atoms with Crippen molar-refractivity contribution < 1.29 is 0 Å². The van der Waals surface area contributed by atoms with Crippen LogP contribution in [0, 0.1) is 0 Å². The Labute approximate surface area is 95.0 Å². The molecule has 1 rings (SSSR count). The first-order chi connectivity index (χ1) is 7.17. The second-order valence-electron chi connectivity index (χ2n) is 3.57. The molecular formula is C9H19N5S. The Bertz CT molecular complexity index is 286. The molecule has 0 radical (unpaired) electrons. The molecule has 0 aliphatic carbocycles. The summed E-state index contributed by atoms with van der Waals surface area (Å²) >= 11 is 1.90. The zero-order valence-electron chi connectivity index (χ0n) is 9.82. The van der Waals surface area contributed by atoms with E-state index in [-0.39, 0.29) is 4.75 Å². The highest BCUT2D eigenvalue weighted by Gasteiger charge is 2.25. The van der Waals surface area contributed by atoms with Crippen LogP contribution in [0.4, 0.5) is 5.95 Å². The largest absolute Gasteiger partial charge is 0.352 e. The van der Waals surface area contributed by atoms with E-state index in [1.807, 2.05) is 18.8 Å². The predicted octanol–water partition coefficient (Wildman–Crippen LogP) is 1.54. The van der Waals surface area contributed by atoms with Crippen molar-refractivity contribution in [3.05, 3.63) is 0 Å². The van der Waals surface area contributed by atoms with Gasteiger partial charge in [0.25, 0.3) is 0 Å². The third-order valence-corrected chi connectivity index (χ3v) is 4.50. The van der Waals surface area contributed by atoms with Gasteiger partial charge in [-0.15, -0.1) is 0 Å². The average molecular weight is 229 g/mol. The Hall–Kier alpha value is -0.780. The maximum Gasteiger partial charge on any atom is 0.242 e. The molecule has 1 aromatic heterocycles. The Morgan fingerprint density at radius 3 is 2.47 bits per heavy atom. The van der Waals surface area contributed by atoms with Gasteiger partial charge in [-0.2, -0.15) is 11.8 Å². The van der Waals surface area contributed by atoms with E-state index in [2.05, 4.69) is 40.9 Å². The van der Waals surface area contributed by atoms with Crippen LogP contribution in [-0.2, 0) is 7.05 Å². The molecule has 86 valence electrons. The number of hydrogen-bond acceptors (Lipinski definition) is 5. The van der Waals surface area contributed by atoms with E-state index in [4.69, 9.17) is 0 Å². The van der Waals surface area contributed by atoms with Crippen molar-refractivity contribution in [2.45, 2.75) is 31.4 Å². The molecule has 0 unspecified atom stereocenters. The SMILES string of the molecule is CCC(CC)(CNc1nnnn1C)SC. The number of thioether (sulfide) groups is 1. The normalized spacial score (nSPS) is 11.7. The third-order valence-electron chi connectivity index (χ3n) is 2.91. The maximum atomic E-state index is 3.90. The van der Waals surface area contributed by atoms with Gasteiger partial charge < -0.3 is 5.32 Å². The number of nitrogens with one attached hydrogen (secondary N) is 1. The van der Waals surface area contributed by atoms with Crippen LogP contribution in [0.1, 0.15) is 26.7 Å². The molecule has 1 N–H and O–H groups in total. The van der Waals surface area contributed by atoms with Crippen molar-refractivity contribution >= 4 is 17.7 Å². The van der Waals surface area contributed by atoms with E-state index in [9.17, 15) is 0 Å². The fraction of sp³-hybridized carbons (Fsp3) is 0.889. The number of hydrogen-bond donors (Lipinski definition) is 1. The molecule has 0 amide bonds. The minimum absolute atomic E-state index is 0.284. The topological polar surface area (TPSA) is 55.6 Å². The molecule has 0 aliphatic heterocycles.